The Bertz CT molecular complexity index is 362. The predicted molar refractivity (Wildman–Crippen MR) is 70.3 cm³/mol. The van der Waals surface area contributed by atoms with Crippen molar-refractivity contribution in [1.29, 1.82) is 0 Å². The van der Waals surface area contributed by atoms with Crippen LogP contribution in [-0.2, 0) is 6.54 Å². The molecule has 0 bridgehead atoms. The zero-order valence-corrected chi connectivity index (χ0v) is 11.4. The summed E-state index contributed by atoms with van der Waals surface area (Å²) in [6, 6.07) is 0.605. The van der Waals surface area contributed by atoms with Crippen LogP contribution in [0, 0.1) is 0 Å². The Morgan fingerprint density at radius 1 is 1.56 bits per heavy atom. The third kappa shape index (κ3) is 3.12. The highest BCUT2D eigenvalue weighted by Crippen LogP contribution is 2.26. The van der Waals surface area contributed by atoms with Gasteiger partial charge in [0.15, 0.2) is 6.39 Å². The molecule has 0 aromatic carbocycles. The first-order valence-corrected chi connectivity index (χ1v) is 6.99. The smallest absolute Gasteiger partial charge is 0.181 e. The zero-order valence-electron chi connectivity index (χ0n) is 11.4. The molecule has 1 aromatic heterocycles. The number of oxazole rings is 1. The summed E-state index contributed by atoms with van der Waals surface area (Å²) in [4.78, 5) is 6.84. The van der Waals surface area contributed by atoms with Gasteiger partial charge in [0.2, 0.25) is 0 Å². The number of hydrogen-bond donors (Lipinski definition) is 1. The van der Waals surface area contributed by atoms with E-state index in [1.807, 2.05) is 0 Å². The van der Waals surface area contributed by atoms with E-state index in [-0.39, 0.29) is 0 Å². The van der Waals surface area contributed by atoms with Crippen LogP contribution in [0.25, 0.3) is 0 Å². The van der Waals surface area contributed by atoms with Gasteiger partial charge < -0.3 is 9.52 Å². The second-order valence-electron chi connectivity index (χ2n) is 5.45. The molecule has 4 heteroatoms. The van der Waals surface area contributed by atoms with Gasteiger partial charge in [-0.15, -0.1) is 0 Å². The van der Waals surface area contributed by atoms with Crippen molar-refractivity contribution in [1.82, 2.24) is 9.88 Å². The highest BCUT2D eigenvalue weighted by molar-refractivity contribution is 5.11. The Hall–Kier alpha value is -0.870. The van der Waals surface area contributed by atoms with E-state index < -0.39 is 0 Å². The monoisotopic (exact) mass is 252 g/mol. The molecule has 0 aliphatic carbocycles. The van der Waals surface area contributed by atoms with Crippen LogP contribution in [0.2, 0.25) is 0 Å². The Labute approximate surface area is 109 Å². The molecule has 0 radical (unpaired) electrons. The Balaban J connectivity index is 1.97. The minimum atomic E-state index is 0.297. The van der Waals surface area contributed by atoms with E-state index in [0.717, 1.165) is 37.4 Å². The molecule has 1 aromatic rings. The summed E-state index contributed by atoms with van der Waals surface area (Å²) in [5.41, 5.74) is 1.08. The second-order valence-corrected chi connectivity index (χ2v) is 5.45. The molecule has 0 amide bonds. The molecule has 2 rings (SSSR count). The summed E-state index contributed by atoms with van der Waals surface area (Å²) in [5.74, 6) is 1.41. The van der Waals surface area contributed by atoms with Gasteiger partial charge in [0.1, 0.15) is 5.76 Å². The summed E-state index contributed by atoms with van der Waals surface area (Å²) in [6.45, 7) is 6.60. The highest BCUT2D eigenvalue weighted by atomic mass is 16.3. The first-order chi connectivity index (χ1) is 8.72. The predicted octanol–water partition coefficient (Wildman–Crippen LogP) is 2.53. The van der Waals surface area contributed by atoms with Gasteiger partial charge in [-0.25, -0.2) is 4.98 Å². The average Bonchev–Trinajstić information content (AvgIpc) is 2.96. The topological polar surface area (TPSA) is 49.5 Å². The Morgan fingerprint density at radius 3 is 3.11 bits per heavy atom. The SMILES string of the molecule is CC(C)c1ocnc1CN1CCCC1CCCO. The van der Waals surface area contributed by atoms with Crippen LogP contribution >= 0.6 is 0 Å². The quantitative estimate of drug-likeness (QED) is 0.845. The van der Waals surface area contributed by atoms with Gasteiger partial charge in [-0.05, 0) is 32.2 Å². The average molecular weight is 252 g/mol. The fourth-order valence-corrected chi connectivity index (χ4v) is 2.82. The van der Waals surface area contributed by atoms with E-state index in [9.17, 15) is 0 Å². The molecule has 1 saturated heterocycles. The molecule has 102 valence electrons. The molecule has 1 unspecified atom stereocenters. The number of aliphatic hydroxyl groups is 1. The lowest BCUT2D eigenvalue weighted by Gasteiger charge is -2.23. The van der Waals surface area contributed by atoms with Crippen molar-refractivity contribution in [3.05, 3.63) is 17.8 Å². The number of hydrogen-bond acceptors (Lipinski definition) is 4. The summed E-state index contributed by atoms with van der Waals surface area (Å²) < 4.78 is 5.47. The molecular formula is C14H24N2O2. The van der Waals surface area contributed by atoms with Crippen LogP contribution < -0.4 is 0 Å². The van der Waals surface area contributed by atoms with Crippen molar-refractivity contribution >= 4 is 0 Å². The highest BCUT2D eigenvalue weighted by Gasteiger charge is 2.26. The van der Waals surface area contributed by atoms with Crippen LogP contribution in [0.15, 0.2) is 10.8 Å². The molecule has 18 heavy (non-hydrogen) atoms. The van der Waals surface area contributed by atoms with Crippen molar-refractivity contribution in [3.8, 4) is 0 Å². The van der Waals surface area contributed by atoms with E-state index in [0.29, 0.717) is 18.6 Å². The van der Waals surface area contributed by atoms with Gasteiger partial charge in [-0.1, -0.05) is 13.8 Å². The summed E-state index contributed by atoms with van der Waals surface area (Å²) in [7, 11) is 0. The number of aliphatic hydroxyl groups excluding tert-OH is 1. The van der Waals surface area contributed by atoms with Gasteiger partial charge in [0, 0.05) is 25.1 Å². The zero-order chi connectivity index (χ0) is 13.0. The molecule has 1 aliphatic rings. The molecule has 0 spiro atoms. The van der Waals surface area contributed by atoms with E-state index in [4.69, 9.17) is 9.52 Å². The number of aromatic nitrogens is 1. The maximum absolute atomic E-state index is 8.94. The van der Waals surface area contributed by atoms with Crippen LogP contribution in [0.4, 0.5) is 0 Å². The maximum Gasteiger partial charge on any atom is 0.181 e. The van der Waals surface area contributed by atoms with Gasteiger partial charge in [0.25, 0.3) is 0 Å². The van der Waals surface area contributed by atoms with Crippen molar-refractivity contribution in [2.45, 2.75) is 58.0 Å². The normalized spacial score (nSPS) is 21.0. The van der Waals surface area contributed by atoms with Gasteiger partial charge >= 0.3 is 0 Å². The Morgan fingerprint density at radius 2 is 2.39 bits per heavy atom. The Kier molecular flexibility index (Phi) is 4.78. The third-order valence-electron chi connectivity index (χ3n) is 3.74. The fraction of sp³-hybridized carbons (Fsp3) is 0.786. The minimum Gasteiger partial charge on any atom is -0.448 e. The fourth-order valence-electron chi connectivity index (χ4n) is 2.82. The van der Waals surface area contributed by atoms with Crippen LogP contribution in [0.1, 0.15) is 56.9 Å². The van der Waals surface area contributed by atoms with E-state index >= 15 is 0 Å². The van der Waals surface area contributed by atoms with Crippen LogP contribution in [0.3, 0.4) is 0 Å². The maximum atomic E-state index is 8.94. The summed E-state index contributed by atoms with van der Waals surface area (Å²) in [6.07, 6.45) is 6.05. The molecular weight excluding hydrogens is 228 g/mol. The number of nitrogens with zero attached hydrogens (tertiary/aromatic N) is 2. The first-order valence-electron chi connectivity index (χ1n) is 6.99. The molecule has 1 aliphatic heterocycles. The number of likely N-dealkylation sites (tertiary alicyclic amines) is 1. The molecule has 1 N–H and O–H groups in total. The van der Waals surface area contributed by atoms with E-state index in [1.165, 1.54) is 12.8 Å². The van der Waals surface area contributed by atoms with Crippen molar-refractivity contribution in [2.24, 2.45) is 0 Å². The lowest BCUT2D eigenvalue weighted by molar-refractivity contribution is 0.207. The first kappa shape index (κ1) is 13.6. The second kappa shape index (κ2) is 6.34. The molecule has 1 atom stereocenters. The molecule has 1 fully saturated rings. The van der Waals surface area contributed by atoms with E-state index in [1.54, 1.807) is 6.39 Å². The minimum absolute atomic E-state index is 0.297. The lowest BCUT2D eigenvalue weighted by atomic mass is 10.1. The van der Waals surface area contributed by atoms with Crippen molar-refractivity contribution < 1.29 is 9.52 Å². The lowest BCUT2D eigenvalue weighted by Crippen LogP contribution is -2.29. The van der Waals surface area contributed by atoms with Gasteiger partial charge in [-0.3, -0.25) is 4.90 Å². The van der Waals surface area contributed by atoms with Crippen LogP contribution in [0.5, 0.6) is 0 Å². The third-order valence-corrected chi connectivity index (χ3v) is 3.74. The summed E-state index contributed by atoms with van der Waals surface area (Å²) in [5, 5.41) is 8.94. The molecule has 4 nitrogen and oxygen atoms in total. The largest absolute Gasteiger partial charge is 0.448 e. The summed E-state index contributed by atoms with van der Waals surface area (Å²) >= 11 is 0. The van der Waals surface area contributed by atoms with Crippen LogP contribution in [-0.4, -0.2) is 34.2 Å². The van der Waals surface area contributed by atoms with Crippen molar-refractivity contribution in [3.63, 3.8) is 0 Å². The van der Waals surface area contributed by atoms with E-state index in [2.05, 4.69) is 23.7 Å². The standard InChI is InChI=1S/C14H24N2O2/c1-11(2)14-13(15-10-18-14)9-16-7-3-5-12(16)6-4-8-17/h10-12,17H,3-9H2,1-2H3. The molecule has 2 heterocycles. The van der Waals surface area contributed by atoms with Gasteiger partial charge in [0.05, 0.1) is 5.69 Å². The number of rotatable bonds is 6. The van der Waals surface area contributed by atoms with Gasteiger partial charge in [-0.2, -0.15) is 0 Å². The molecule has 0 saturated carbocycles. The van der Waals surface area contributed by atoms with Crippen molar-refractivity contribution in [2.75, 3.05) is 13.2 Å².